The summed E-state index contributed by atoms with van der Waals surface area (Å²) < 4.78 is 4.66. The lowest BCUT2D eigenvalue weighted by molar-refractivity contribution is -0.150. The number of allylic oxidation sites excluding steroid dienone is 3. The molecule has 1 rings (SSSR count). The maximum Gasteiger partial charge on any atom is 0.317 e. The van der Waals surface area contributed by atoms with Gasteiger partial charge in [-0.1, -0.05) is 18.2 Å². The lowest BCUT2D eigenvalue weighted by Crippen LogP contribution is -2.35. The van der Waals surface area contributed by atoms with Crippen molar-refractivity contribution in [2.75, 3.05) is 7.11 Å². The van der Waals surface area contributed by atoms with Gasteiger partial charge >= 0.3 is 5.97 Å². The van der Waals surface area contributed by atoms with Crippen LogP contribution in [0.25, 0.3) is 0 Å². The van der Waals surface area contributed by atoms with Crippen molar-refractivity contribution in [1.82, 2.24) is 0 Å². The Morgan fingerprint density at radius 3 is 2.67 bits per heavy atom. The maximum atomic E-state index is 11.8. The summed E-state index contributed by atoms with van der Waals surface area (Å²) in [5.74, 6) is -1.41. The third-order valence-electron chi connectivity index (χ3n) is 2.84. The molecule has 82 valence electrons. The highest BCUT2D eigenvalue weighted by molar-refractivity contribution is 6.09. The van der Waals surface area contributed by atoms with Gasteiger partial charge in [0.05, 0.1) is 7.11 Å². The van der Waals surface area contributed by atoms with Crippen LogP contribution in [0.1, 0.15) is 20.3 Å². The van der Waals surface area contributed by atoms with E-state index in [0.717, 1.165) is 5.57 Å². The van der Waals surface area contributed by atoms with Crippen molar-refractivity contribution in [3.05, 3.63) is 23.8 Å². The first kappa shape index (κ1) is 11.7. The zero-order valence-corrected chi connectivity index (χ0v) is 9.37. The standard InChI is InChI=1S/C12H16O3/c1-7(2)9-6-5-8(3)11(13)10(9)12(14)15-4/h5,9-10H,1,6H2,2-4H3. The third kappa shape index (κ3) is 2.17. The molecule has 3 nitrogen and oxygen atoms in total. The van der Waals surface area contributed by atoms with Crippen LogP contribution in [-0.4, -0.2) is 18.9 Å². The zero-order valence-electron chi connectivity index (χ0n) is 9.37. The molecular formula is C12H16O3. The van der Waals surface area contributed by atoms with Crippen molar-refractivity contribution < 1.29 is 14.3 Å². The van der Waals surface area contributed by atoms with Gasteiger partial charge in [-0.25, -0.2) is 0 Å². The van der Waals surface area contributed by atoms with E-state index < -0.39 is 11.9 Å². The fourth-order valence-electron chi connectivity index (χ4n) is 1.85. The SMILES string of the molecule is C=C(C)C1CC=C(C)C(=O)C1C(=O)OC. The van der Waals surface area contributed by atoms with Gasteiger partial charge < -0.3 is 4.74 Å². The molecule has 0 saturated carbocycles. The quantitative estimate of drug-likeness (QED) is 0.395. The van der Waals surface area contributed by atoms with Crippen LogP contribution in [0.4, 0.5) is 0 Å². The zero-order chi connectivity index (χ0) is 11.6. The van der Waals surface area contributed by atoms with Gasteiger partial charge in [-0.05, 0) is 25.8 Å². The first-order chi connectivity index (χ1) is 6.99. The van der Waals surface area contributed by atoms with Crippen LogP contribution in [-0.2, 0) is 14.3 Å². The molecule has 15 heavy (non-hydrogen) atoms. The highest BCUT2D eigenvalue weighted by Gasteiger charge is 2.38. The van der Waals surface area contributed by atoms with Gasteiger partial charge in [0, 0.05) is 5.92 Å². The number of ether oxygens (including phenoxy) is 1. The Hall–Kier alpha value is -1.38. The van der Waals surface area contributed by atoms with E-state index in [0.29, 0.717) is 12.0 Å². The molecule has 0 heterocycles. The van der Waals surface area contributed by atoms with Gasteiger partial charge in [-0.2, -0.15) is 0 Å². The monoisotopic (exact) mass is 208 g/mol. The van der Waals surface area contributed by atoms with E-state index in [1.165, 1.54) is 7.11 Å². The van der Waals surface area contributed by atoms with Crippen molar-refractivity contribution in [1.29, 1.82) is 0 Å². The van der Waals surface area contributed by atoms with Crippen LogP contribution >= 0.6 is 0 Å². The van der Waals surface area contributed by atoms with Gasteiger partial charge in [0.2, 0.25) is 0 Å². The van der Waals surface area contributed by atoms with E-state index >= 15 is 0 Å². The van der Waals surface area contributed by atoms with Gasteiger partial charge in [-0.3, -0.25) is 9.59 Å². The number of carbonyl (C=O) groups excluding carboxylic acids is 2. The Bertz CT molecular complexity index is 339. The Labute approximate surface area is 89.8 Å². The van der Waals surface area contributed by atoms with E-state index in [1.54, 1.807) is 6.92 Å². The van der Waals surface area contributed by atoms with Crippen LogP contribution in [0.2, 0.25) is 0 Å². The number of methoxy groups -OCH3 is 1. The minimum atomic E-state index is -0.697. The Morgan fingerprint density at radius 1 is 1.60 bits per heavy atom. The number of hydrogen-bond acceptors (Lipinski definition) is 3. The van der Waals surface area contributed by atoms with Gasteiger partial charge in [0.15, 0.2) is 5.78 Å². The highest BCUT2D eigenvalue weighted by Crippen LogP contribution is 2.32. The normalized spacial score (nSPS) is 25.8. The Morgan fingerprint density at radius 2 is 2.20 bits per heavy atom. The molecule has 3 heteroatoms. The molecule has 0 aliphatic heterocycles. The second-order valence-electron chi connectivity index (χ2n) is 3.94. The molecule has 0 fully saturated rings. The van der Waals surface area contributed by atoms with Crippen LogP contribution in [0.5, 0.6) is 0 Å². The van der Waals surface area contributed by atoms with Crippen molar-refractivity contribution in [3.8, 4) is 0 Å². The molecule has 1 aliphatic carbocycles. The molecule has 2 atom stereocenters. The summed E-state index contributed by atoms with van der Waals surface area (Å²) in [5, 5.41) is 0. The summed E-state index contributed by atoms with van der Waals surface area (Å²) in [6, 6.07) is 0. The van der Waals surface area contributed by atoms with Gasteiger partial charge in [0.1, 0.15) is 5.92 Å². The number of hydrogen-bond donors (Lipinski definition) is 0. The van der Waals surface area contributed by atoms with E-state index in [9.17, 15) is 9.59 Å². The van der Waals surface area contributed by atoms with E-state index in [2.05, 4.69) is 11.3 Å². The number of Topliss-reactive ketones (excluding diaryl/α,β-unsaturated/α-hetero) is 1. The molecule has 0 aromatic carbocycles. The summed E-state index contributed by atoms with van der Waals surface area (Å²) in [4.78, 5) is 23.4. The van der Waals surface area contributed by atoms with E-state index in [4.69, 9.17) is 0 Å². The minimum absolute atomic E-state index is 0.117. The average Bonchev–Trinajstić information content (AvgIpc) is 2.20. The summed E-state index contributed by atoms with van der Waals surface area (Å²) >= 11 is 0. The van der Waals surface area contributed by atoms with Gasteiger partial charge in [-0.15, -0.1) is 0 Å². The van der Waals surface area contributed by atoms with E-state index in [1.807, 2.05) is 13.0 Å². The molecule has 0 radical (unpaired) electrons. The molecule has 0 saturated heterocycles. The number of esters is 1. The molecule has 0 amide bonds. The smallest absolute Gasteiger partial charge is 0.317 e. The maximum absolute atomic E-state index is 11.8. The van der Waals surface area contributed by atoms with Crippen molar-refractivity contribution in [2.24, 2.45) is 11.8 Å². The summed E-state index contributed by atoms with van der Waals surface area (Å²) in [6.45, 7) is 7.38. The van der Waals surface area contributed by atoms with E-state index in [-0.39, 0.29) is 11.7 Å². The minimum Gasteiger partial charge on any atom is -0.468 e. The third-order valence-corrected chi connectivity index (χ3v) is 2.84. The summed E-state index contributed by atoms with van der Waals surface area (Å²) in [6.07, 6.45) is 2.55. The molecule has 1 aliphatic rings. The molecule has 0 aromatic rings. The summed E-state index contributed by atoms with van der Waals surface area (Å²) in [7, 11) is 1.30. The average molecular weight is 208 g/mol. The second-order valence-corrected chi connectivity index (χ2v) is 3.94. The van der Waals surface area contributed by atoms with Crippen molar-refractivity contribution in [3.63, 3.8) is 0 Å². The highest BCUT2D eigenvalue weighted by atomic mass is 16.5. The Balaban J connectivity index is 3.05. The lowest BCUT2D eigenvalue weighted by Gasteiger charge is -2.27. The largest absolute Gasteiger partial charge is 0.468 e. The van der Waals surface area contributed by atoms with Crippen LogP contribution in [0.15, 0.2) is 23.8 Å². The molecule has 0 spiro atoms. The number of ketones is 1. The number of carbonyl (C=O) groups is 2. The molecule has 2 unspecified atom stereocenters. The predicted molar refractivity (Wildman–Crippen MR) is 57.2 cm³/mol. The van der Waals surface area contributed by atoms with Crippen LogP contribution in [0, 0.1) is 11.8 Å². The summed E-state index contributed by atoms with van der Waals surface area (Å²) in [5.41, 5.74) is 1.49. The van der Waals surface area contributed by atoms with Crippen LogP contribution < -0.4 is 0 Å². The first-order valence-corrected chi connectivity index (χ1v) is 4.93. The molecule has 0 N–H and O–H groups in total. The topological polar surface area (TPSA) is 43.4 Å². The van der Waals surface area contributed by atoms with Crippen molar-refractivity contribution in [2.45, 2.75) is 20.3 Å². The van der Waals surface area contributed by atoms with Gasteiger partial charge in [0.25, 0.3) is 0 Å². The first-order valence-electron chi connectivity index (χ1n) is 4.93. The lowest BCUT2D eigenvalue weighted by atomic mass is 9.76. The molecule has 0 bridgehead atoms. The fraction of sp³-hybridized carbons (Fsp3) is 0.500. The molecular weight excluding hydrogens is 192 g/mol. The van der Waals surface area contributed by atoms with Crippen molar-refractivity contribution >= 4 is 11.8 Å². The molecule has 0 aromatic heterocycles. The van der Waals surface area contributed by atoms with Crippen LogP contribution in [0.3, 0.4) is 0 Å². The fourth-order valence-corrected chi connectivity index (χ4v) is 1.85. The Kier molecular flexibility index (Phi) is 3.45. The number of rotatable bonds is 2. The predicted octanol–water partition coefficient (Wildman–Crippen LogP) is 1.89. The second kappa shape index (κ2) is 4.43.